The molecule has 1 aliphatic heterocycles. The van der Waals surface area contributed by atoms with Crippen LogP contribution in [-0.4, -0.2) is 18.6 Å². The van der Waals surface area contributed by atoms with E-state index in [0.29, 0.717) is 6.54 Å². The molecule has 0 unspecified atom stereocenters. The van der Waals surface area contributed by atoms with Crippen molar-refractivity contribution >= 4 is 5.91 Å². The zero-order valence-electron chi connectivity index (χ0n) is 9.76. The molecule has 1 saturated heterocycles. The first-order valence-corrected chi connectivity index (χ1v) is 5.90. The van der Waals surface area contributed by atoms with Crippen LogP contribution in [0.1, 0.15) is 24.5 Å². The highest BCUT2D eigenvalue weighted by Gasteiger charge is 2.26. The number of benzene rings is 1. The fraction of sp³-hybridized carbons (Fsp3) is 0.357. The number of carbonyl (C=O) groups excluding carboxylic acids is 1. The molecular weight excluding hydrogens is 214 g/mol. The first-order chi connectivity index (χ1) is 8.29. The van der Waals surface area contributed by atoms with Gasteiger partial charge in [-0.1, -0.05) is 36.9 Å². The van der Waals surface area contributed by atoms with E-state index in [4.69, 9.17) is 4.74 Å². The molecule has 1 aromatic rings. The fourth-order valence-corrected chi connectivity index (χ4v) is 2.06. The normalized spacial score (nSPS) is 23.3. The van der Waals surface area contributed by atoms with Crippen LogP contribution >= 0.6 is 0 Å². The van der Waals surface area contributed by atoms with E-state index in [1.165, 1.54) is 11.6 Å². The summed E-state index contributed by atoms with van der Waals surface area (Å²) in [5, 5.41) is 2.76. The Morgan fingerprint density at radius 1 is 1.41 bits per heavy atom. The van der Waals surface area contributed by atoms with Gasteiger partial charge in [0.25, 0.3) is 0 Å². The van der Waals surface area contributed by atoms with Gasteiger partial charge < -0.3 is 10.1 Å². The van der Waals surface area contributed by atoms with Crippen molar-refractivity contribution in [2.45, 2.75) is 25.0 Å². The summed E-state index contributed by atoms with van der Waals surface area (Å²) < 4.78 is 5.89. The summed E-state index contributed by atoms with van der Waals surface area (Å²) in [6, 6.07) is 10.2. The minimum atomic E-state index is -0.142. The van der Waals surface area contributed by atoms with Crippen LogP contribution in [0, 0.1) is 0 Å². The van der Waals surface area contributed by atoms with Gasteiger partial charge in [-0.05, 0) is 24.5 Å². The first-order valence-electron chi connectivity index (χ1n) is 5.90. The van der Waals surface area contributed by atoms with E-state index < -0.39 is 0 Å². The van der Waals surface area contributed by atoms with Crippen molar-refractivity contribution in [1.29, 1.82) is 0 Å². The average molecular weight is 231 g/mol. The van der Waals surface area contributed by atoms with Gasteiger partial charge in [0.1, 0.15) is 0 Å². The van der Waals surface area contributed by atoms with Gasteiger partial charge >= 0.3 is 0 Å². The third-order valence-electron chi connectivity index (χ3n) is 2.97. The van der Waals surface area contributed by atoms with Crippen LogP contribution in [0.3, 0.4) is 0 Å². The van der Waals surface area contributed by atoms with Crippen LogP contribution in [-0.2, 0) is 9.53 Å². The Hall–Kier alpha value is -1.61. The van der Waals surface area contributed by atoms with E-state index in [9.17, 15) is 4.79 Å². The zero-order chi connectivity index (χ0) is 12.1. The van der Waals surface area contributed by atoms with Crippen molar-refractivity contribution in [1.82, 2.24) is 5.32 Å². The maximum atomic E-state index is 11.0. The Morgan fingerprint density at radius 2 is 2.18 bits per heavy atom. The van der Waals surface area contributed by atoms with Crippen LogP contribution in [0.25, 0.3) is 0 Å². The molecule has 0 bridgehead atoms. The highest BCUT2D eigenvalue weighted by molar-refractivity contribution is 5.86. The van der Waals surface area contributed by atoms with Gasteiger partial charge in [0.15, 0.2) is 0 Å². The second kappa shape index (κ2) is 5.64. The Kier molecular flexibility index (Phi) is 3.94. The maximum absolute atomic E-state index is 11.0. The minimum absolute atomic E-state index is 0.115. The van der Waals surface area contributed by atoms with Crippen LogP contribution in [0.15, 0.2) is 43.0 Å². The Morgan fingerprint density at radius 3 is 2.88 bits per heavy atom. The molecule has 3 nitrogen and oxygen atoms in total. The topological polar surface area (TPSA) is 38.3 Å². The molecule has 2 atom stereocenters. The molecule has 1 aromatic carbocycles. The summed E-state index contributed by atoms with van der Waals surface area (Å²) in [5.41, 5.74) is 1.21. The number of amides is 1. The molecule has 1 heterocycles. The van der Waals surface area contributed by atoms with Gasteiger partial charge in [0.05, 0.1) is 12.2 Å². The first kappa shape index (κ1) is 11.9. The van der Waals surface area contributed by atoms with E-state index in [-0.39, 0.29) is 18.1 Å². The molecular formula is C14H17NO2. The van der Waals surface area contributed by atoms with Crippen molar-refractivity contribution in [2.75, 3.05) is 6.54 Å². The SMILES string of the molecule is C=CC(=O)NC[C@@H]1CC[C@H](c2ccccc2)O1. The summed E-state index contributed by atoms with van der Waals surface area (Å²) in [4.78, 5) is 11.0. The van der Waals surface area contributed by atoms with E-state index in [0.717, 1.165) is 12.8 Å². The molecule has 3 heteroatoms. The molecule has 1 amide bonds. The average Bonchev–Trinajstić information content (AvgIpc) is 2.86. The highest BCUT2D eigenvalue weighted by Crippen LogP contribution is 2.32. The lowest BCUT2D eigenvalue weighted by atomic mass is 10.1. The second-order valence-electron chi connectivity index (χ2n) is 4.18. The van der Waals surface area contributed by atoms with Crippen LogP contribution in [0.2, 0.25) is 0 Å². The minimum Gasteiger partial charge on any atom is -0.368 e. The molecule has 0 aromatic heterocycles. The molecule has 1 N–H and O–H groups in total. The Labute approximate surface area is 101 Å². The second-order valence-corrected chi connectivity index (χ2v) is 4.18. The predicted octanol–water partition coefficient (Wildman–Crippen LogP) is 2.21. The van der Waals surface area contributed by atoms with Crippen LogP contribution in [0.5, 0.6) is 0 Å². The standard InChI is InChI=1S/C14H17NO2/c1-2-14(16)15-10-12-8-9-13(17-12)11-6-4-3-5-7-11/h2-7,12-13H,1,8-10H2,(H,15,16)/t12-,13+/m0/s1. The zero-order valence-corrected chi connectivity index (χ0v) is 9.76. The molecule has 0 spiro atoms. The predicted molar refractivity (Wildman–Crippen MR) is 66.5 cm³/mol. The fourth-order valence-electron chi connectivity index (χ4n) is 2.06. The van der Waals surface area contributed by atoms with Gasteiger partial charge in [-0.25, -0.2) is 0 Å². The molecule has 0 aliphatic carbocycles. The van der Waals surface area contributed by atoms with E-state index in [1.54, 1.807) is 0 Å². The smallest absolute Gasteiger partial charge is 0.243 e. The third-order valence-corrected chi connectivity index (χ3v) is 2.97. The third kappa shape index (κ3) is 3.17. The van der Waals surface area contributed by atoms with Gasteiger partial charge in [-0.2, -0.15) is 0 Å². The van der Waals surface area contributed by atoms with Crippen LogP contribution < -0.4 is 5.32 Å². The largest absolute Gasteiger partial charge is 0.368 e. The van der Waals surface area contributed by atoms with Crippen molar-refractivity contribution in [3.8, 4) is 0 Å². The number of rotatable bonds is 4. The molecule has 2 rings (SSSR count). The molecule has 0 saturated carbocycles. The summed E-state index contributed by atoms with van der Waals surface area (Å²) in [7, 11) is 0. The molecule has 90 valence electrons. The van der Waals surface area contributed by atoms with E-state index >= 15 is 0 Å². The lowest BCUT2D eigenvalue weighted by molar-refractivity contribution is -0.117. The molecule has 17 heavy (non-hydrogen) atoms. The Bertz CT molecular complexity index is 388. The summed E-state index contributed by atoms with van der Waals surface area (Å²) in [5.74, 6) is -0.142. The molecule has 1 aliphatic rings. The highest BCUT2D eigenvalue weighted by atomic mass is 16.5. The number of ether oxygens (including phenoxy) is 1. The van der Waals surface area contributed by atoms with Crippen molar-refractivity contribution in [3.05, 3.63) is 48.6 Å². The molecule has 0 radical (unpaired) electrons. The quantitative estimate of drug-likeness (QED) is 0.807. The van der Waals surface area contributed by atoms with Crippen molar-refractivity contribution < 1.29 is 9.53 Å². The van der Waals surface area contributed by atoms with Gasteiger partial charge in [-0.15, -0.1) is 0 Å². The van der Waals surface area contributed by atoms with E-state index in [1.807, 2.05) is 18.2 Å². The number of hydrogen-bond acceptors (Lipinski definition) is 2. The number of carbonyl (C=O) groups is 1. The maximum Gasteiger partial charge on any atom is 0.243 e. The summed E-state index contributed by atoms with van der Waals surface area (Å²) in [6.45, 7) is 3.98. The monoisotopic (exact) mass is 231 g/mol. The molecule has 1 fully saturated rings. The van der Waals surface area contributed by atoms with E-state index in [2.05, 4.69) is 24.0 Å². The van der Waals surface area contributed by atoms with Gasteiger partial charge in [-0.3, -0.25) is 4.79 Å². The Balaban J connectivity index is 1.84. The summed E-state index contributed by atoms with van der Waals surface area (Å²) >= 11 is 0. The number of nitrogens with one attached hydrogen (secondary N) is 1. The lowest BCUT2D eigenvalue weighted by Crippen LogP contribution is -2.30. The van der Waals surface area contributed by atoms with Gasteiger partial charge in [0, 0.05) is 6.54 Å². The van der Waals surface area contributed by atoms with Crippen molar-refractivity contribution in [3.63, 3.8) is 0 Å². The van der Waals surface area contributed by atoms with Crippen LogP contribution in [0.4, 0.5) is 0 Å². The lowest BCUT2D eigenvalue weighted by Gasteiger charge is -2.14. The number of hydrogen-bond donors (Lipinski definition) is 1. The van der Waals surface area contributed by atoms with Gasteiger partial charge in [0.2, 0.25) is 5.91 Å². The summed E-state index contributed by atoms with van der Waals surface area (Å²) in [6.07, 6.45) is 3.56. The van der Waals surface area contributed by atoms with Crippen molar-refractivity contribution in [2.24, 2.45) is 0 Å².